The summed E-state index contributed by atoms with van der Waals surface area (Å²) in [6.07, 6.45) is 24.4. The van der Waals surface area contributed by atoms with Crippen molar-refractivity contribution in [3.8, 4) is 0 Å². The fourth-order valence-electron chi connectivity index (χ4n) is 2.03. The molecule has 136 valence electrons. The van der Waals surface area contributed by atoms with Crippen LogP contribution in [0.5, 0.6) is 0 Å². The molecule has 0 aliphatic rings. The average molecular weight is 336 g/mol. The summed E-state index contributed by atoms with van der Waals surface area (Å²) in [6, 6.07) is 0. The first kappa shape index (κ1) is 22.4. The number of carbonyl (C=O) groups is 1. The summed E-state index contributed by atoms with van der Waals surface area (Å²) in [5, 5.41) is 17.1. The molecule has 0 fully saturated rings. The van der Waals surface area contributed by atoms with Crippen LogP contribution in [0.25, 0.3) is 0 Å². The predicted molar refractivity (Wildman–Crippen MR) is 98.9 cm³/mol. The molecule has 0 heterocycles. The van der Waals surface area contributed by atoms with Gasteiger partial charge in [-0.3, -0.25) is 5.26 Å². The highest BCUT2D eigenvalue weighted by Crippen LogP contribution is 2.03. The zero-order valence-electron chi connectivity index (χ0n) is 14.8. The van der Waals surface area contributed by atoms with E-state index in [1.807, 2.05) is 24.3 Å². The maximum atomic E-state index is 10.6. The Morgan fingerprint density at radius 1 is 0.917 bits per heavy atom. The molecule has 0 aromatic carbocycles. The van der Waals surface area contributed by atoms with E-state index in [0.29, 0.717) is 6.42 Å². The molecule has 4 nitrogen and oxygen atoms in total. The van der Waals surface area contributed by atoms with Gasteiger partial charge in [0.15, 0.2) is 6.10 Å². The zero-order valence-corrected chi connectivity index (χ0v) is 14.8. The van der Waals surface area contributed by atoms with Crippen LogP contribution in [0, 0.1) is 0 Å². The van der Waals surface area contributed by atoms with Crippen molar-refractivity contribution < 1.29 is 20.0 Å². The molecule has 0 aromatic heterocycles. The van der Waals surface area contributed by atoms with Crippen LogP contribution in [0.3, 0.4) is 0 Å². The molecule has 1 atom stereocenters. The average Bonchev–Trinajstić information content (AvgIpc) is 2.57. The van der Waals surface area contributed by atoms with E-state index >= 15 is 0 Å². The third-order valence-electron chi connectivity index (χ3n) is 3.46. The van der Waals surface area contributed by atoms with Crippen LogP contribution in [-0.4, -0.2) is 22.4 Å². The van der Waals surface area contributed by atoms with Crippen molar-refractivity contribution in [1.29, 1.82) is 0 Å². The van der Waals surface area contributed by atoms with Crippen LogP contribution >= 0.6 is 0 Å². The molecule has 0 spiro atoms. The Balaban J connectivity index is 3.57. The summed E-state index contributed by atoms with van der Waals surface area (Å²) >= 11 is 0. The Bertz CT molecular complexity index is 408. The van der Waals surface area contributed by atoms with Crippen molar-refractivity contribution in [1.82, 2.24) is 0 Å². The van der Waals surface area contributed by atoms with Gasteiger partial charge < -0.3 is 5.11 Å². The van der Waals surface area contributed by atoms with Crippen molar-refractivity contribution >= 4 is 5.97 Å². The van der Waals surface area contributed by atoms with E-state index in [-0.39, 0.29) is 6.42 Å². The fourth-order valence-corrected chi connectivity index (χ4v) is 2.03. The van der Waals surface area contributed by atoms with Gasteiger partial charge >= 0.3 is 5.97 Å². The Hall–Kier alpha value is -1.65. The Morgan fingerprint density at radius 3 is 2.29 bits per heavy atom. The van der Waals surface area contributed by atoms with Crippen molar-refractivity contribution in [2.75, 3.05) is 0 Å². The first-order chi connectivity index (χ1) is 11.7. The Labute approximate surface area is 146 Å². The zero-order chi connectivity index (χ0) is 17.9. The lowest BCUT2D eigenvalue weighted by Crippen LogP contribution is -2.21. The van der Waals surface area contributed by atoms with Gasteiger partial charge in [0.25, 0.3) is 0 Å². The van der Waals surface area contributed by atoms with Gasteiger partial charge in [-0.15, -0.1) is 0 Å². The number of aliphatic carboxylic acids is 1. The first-order valence-electron chi connectivity index (χ1n) is 8.87. The molecule has 0 bridgehead atoms. The molecule has 0 amide bonds. The number of rotatable bonds is 15. The third kappa shape index (κ3) is 15.3. The summed E-state index contributed by atoms with van der Waals surface area (Å²) in [7, 11) is 0. The summed E-state index contributed by atoms with van der Waals surface area (Å²) in [6.45, 7) is 2.22. The fraction of sp³-hybridized carbons (Fsp3) is 0.550. The van der Waals surface area contributed by atoms with E-state index in [2.05, 4.69) is 36.1 Å². The maximum Gasteiger partial charge on any atom is 0.336 e. The molecule has 2 N–H and O–H groups in total. The molecule has 0 saturated heterocycles. The molecule has 0 aliphatic heterocycles. The van der Waals surface area contributed by atoms with Crippen LogP contribution in [0.2, 0.25) is 0 Å². The number of carboxylic acids is 1. The molecule has 1 unspecified atom stereocenters. The second-order valence-electron chi connectivity index (χ2n) is 5.62. The largest absolute Gasteiger partial charge is 0.479 e. The second kappa shape index (κ2) is 17.7. The minimum atomic E-state index is -1.15. The predicted octanol–water partition coefficient (Wildman–Crippen LogP) is 5.68. The molecule has 0 rings (SSSR count). The van der Waals surface area contributed by atoms with E-state index in [0.717, 1.165) is 19.3 Å². The van der Waals surface area contributed by atoms with Crippen LogP contribution in [0.15, 0.2) is 48.6 Å². The highest BCUT2D eigenvalue weighted by molar-refractivity contribution is 5.72. The van der Waals surface area contributed by atoms with Gasteiger partial charge in [0.1, 0.15) is 0 Å². The smallest absolute Gasteiger partial charge is 0.336 e. The summed E-state index contributed by atoms with van der Waals surface area (Å²) in [5.74, 6) is -1.15. The van der Waals surface area contributed by atoms with Crippen molar-refractivity contribution in [2.45, 2.75) is 70.8 Å². The van der Waals surface area contributed by atoms with Gasteiger partial charge in [-0.25, -0.2) is 9.68 Å². The van der Waals surface area contributed by atoms with Crippen LogP contribution < -0.4 is 0 Å². The second-order valence-corrected chi connectivity index (χ2v) is 5.62. The topological polar surface area (TPSA) is 66.8 Å². The number of hydrogen-bond acceptors (Lipinski definition) is 3. The number of unbranched alkanes of at least 4 members (excludes halogenated alkanes) is 4. The number of carboxylic acid groups (broad SMARTS) is 1. The lowest BCUT2D eigenvalue weighted by Gasteiger charge is -2.05. The van der Waals surface area contributed by atoms with Crippen LogP contribution in [0.4, 0.5) is 0 Å². The molecule has 0 saturated carbocycles. The summed E-state index contributed by atoms with van der Waals surface area (Å²) < 4.78 is 0. The minimum absolute atomic E-state index is 0.262. The van der Waals surface area contributed by atoms with Gasteiger partial charge in [-0.1, -0.05) is 68.4 Å². The molecule has 0 radical (unpaired) electrons. The van der Waals surface area contributed by atoms with Gasteiger partial charge in [-0.05, 0) is 44.9 Å². The molecule has 4 heteroatoms. The SMILES string of the molecule is CCCCCC=CCCC=CC=CCC=CCCC(OO)C(=O)O. The third-order valence-corrected chi connectivity index (χ3v) is 3.46. The monoisotopic (exact) mass is 336 g/mol. The Kier molecular flexibility index (Phi) is 16.5. The highest BCUT2D eigenvalue weighted by Gasteiger charge is 2.16. The molecule has 0 aliphatic carbocycles. The van der Waals surface area contributed by atoms with E-state index in [4.69, 9.17) is 10.4 Å². The lowest BCUT2D eigenvalue weighted by molar-refractivity contribution is -0.277. The van der Waals surface area contributed by atoms with Crippen molar-refractivity contribution in [2.24, 2.45) is 0 Å². The normalized spacial score (nSPS) is 13.8. The molecular weight excluding hydrogens is 304 g/mol. The maximum absolute atomic E-state index is 10.6. The van der Waals surface area contributed by atoms with Gasteiger partial charge in [0.05, 0.1) is 0 Å². The highest BCUT2D eigenvalue weighted by atomic mass is 17.1. The number of hydrogen-bond donors (Lipinski definition) is 2. The van der Waals surface area contributed by atoms with E-state index in [1.165, 1.54) is 25.7 Å². The van der Waals surface area contributed by atoms with Crippen molar-refractivity contribution in [3.05, 3.63) is 48.6 Å². The molecular formula is C20H32O4. The van der Waals surface area contributed by atoms with Gasteiger partial charge in [0.2, 0.25) is 0 Å². The Morgan fingerprint density at radius 2 is 1.58 bits per heavy atom. The van der Waals surface area contributed by atoms with Crippen LogP contribution in [-0.2, 0) is 9.68 Å². The first-order valence-corrected chi connectivity index (χ1v) is 8.87. The lowest BCUT2D eigenvalue weighted by atomic mass is 10.2. The van der Waals surface area contributed by atoms with E-state index in [1.54, 1.807) is 0 Å². The summed E-state index contributed by atoms with van der Waals surface area (Å²) in [5.41, 5.74) is 0. The standard InChI is InChI=1S/C20H32O4/c1-2-3-4-5-6-7-8-9-10-11-12-13-14-15-16-17-18-19(24-23)20(21)22/h6-7,10-13,15-16,19,23H,2-5,8-9,14,17-18H2,1H3,(H,21,22). The van der Waals surface area contributed by atoms with Gasteiger partial charge in [0, 0.05) is 0 Å². The number of allylic oxidation sites excluding steroid dienone is 8. The summed E-state index contributed by atoms with van der Waals surface area (Å²) in [4.78, 5) is 14.5. The molecule has 0 aromatic rings. The molecule has 24 heavy (non-hydrogen) atoms. The minimum Gasteiger partial charge on any atom is -0.479 e. The van der Waals surface area contributed by atoms with E-state index < -0.39 is 12.1 Å². The van der Waals surface area contributed by atoms with Crippen LogP contribution in [0.1, 0.15) is 64.7 Å². The van der Waals surface area contributed by atoms with Crippen molar-refractivity contribution in [3.63, 3.8) is 0 Å². The van der Waals surface area contributed by atoms with Gasteiger partial charge in [-0.2, -0.15) is 0 Å². The quantitative estimate of drug-likeness (QED) is 0.133. The van der Waals surface area contributed by atoms with E-state index in [9.17, 15) is 4.79 Å².